The number of unbranched alkanes of at least 4 members (excludes halogenated alkanes) is 1. The maximum absolute atomic E-state index is 11.0. The molecule has 0 aliphatic rings. The number of hydrogen-bond donors (Lipinski definition) is 2. The van der Waals surface area contributed by atoms with Crippen molar-refractivity contribution in [1.82, 2.24) is 4.72 Å². The molecule has 0 unspecified atom stereocenters. The Morgan fingerprint density at radius 2 is 2.00 bits per heavy atom. The second kappa shape index (κ2) is 6.39. The van der Waals surface area contributed by atoms with E-state index in [-0.39, 0.29) is 12.4 Å². The van der Waals surface area contributed by atoms with Gasteiger partial charge in [-0.1, -0.05) is 13.3 Å². The van der Waals surface area contributed by atoms with Crippen LogP contribution in [0.1, 0.15) is 26.2 Å². The Labute approximate surface area is 74.0 Å². The molecular formula is C7H17NO3S. The summed E-state index contributed by atoms with van der Waals surface area (Å²) in [6.45, 7) is 2.43. The van der Waals surface area contributed by atoms with Gasteiger partial charge in [0.15, 0.2) is 0 Å². The van der Waals surface area contributed by atoms with E-state index in [9.17, 15) is 8.42 Å². The minimum absolute atomic E-state index is 0.0210. The van der Waals surface area contributed by atoms with Crippen LogP contribution in [0.4, 0.5) is 0 Å². The van der Waals surface area contributed by atoms with Crippen LogP contribution < -0.4 is 4.72 Å². The monoisotopic (exact) mass is 195 g/mol. The fraction of sp³-hybridized carbons (Fsp3) is 1.00. The number of aliphatic hydroxyl groups excluding tert-OH is 1. The first-order valence-electron chi connectivity index (χ1n) is 4.20. The van der Waals surface area contributed by atoms with E-state index in [1.54, 1.807) is 0 Å². The van der Waals surface area contributed by atoms with Crippen molar-refractivity contribution in [3.63, 3.8) is 0 Å². The molecule has 0 aromatic rings. The lowest BCUT2D eigenvalue weighted by atomic mass is 10.3. The SMILES string of the molecule is CCCCNS(=O)(=O)CCCO. The van der Waals surface area contributed by atoms with E-state index in [4.69, 9.17) is 5.11 Å². The first-order chi connectivity index (χ1) is 5.62. The third-order valence-electron chi connectivity index (χ3n) is 1.42. The molecule has 0 spiro atoms. The van der Waals surface area contributed by atoms with Crippen LogP contribution in [0.3, 0.4) is 0 Å². The van der Waals surface area contributed by atoms with Crippen molar-refractivity contribution in [2.24, 2.45) is 0 Å². The summed E-state index contributed by atoms with van der Waals surface area (Å²) < 4.78 is 24.5. The van der Waals surface area contributed by atoms with Gasteiger partial charge in [-0.25, -0.2) is 13.1 Å². The number of nitrogens with one attached hydrogen (secondary N) is 1. The number of aliphatic hydroxyl groups is 1. The molecular weight excluding hydrogens is 178 g/mol. The average molecular weight is 195 g/mol. The topological polar surface area (TPSA) is 66.4 Å². The highest BCUT2D eigenvalue weighted by Crippen LogP contribution is 1.90. The lowest BCUT2D eigenvalue weighted by Gasteiger charge is -2.03. The smallest absolute Gasteiger partial charge is 0.211 e. The van der Waals surface area contributed by atoms with Crippen molar-refractivity contribution in [1.29, 1.82) is 0 Å². The molecule has 74 valence electrons. The molecule has 0 radical (unpaired) electrons. The summed E-state index contributed by atoms with van der Waals surface area (Å²) in [6, 6.07) is 0. The number of hydrogen-bond acceptors (Lipinski definition) is 3. The molecule has 0 aromatic heterocycles. The van der Waals surface area contributed by atoms with E-state index in [1.165, 1.54) is 0 Å². The van der Waals surface area contributed by atoms with Gasteiger partial charge < -0.3 is 5.11 Å². The highest BCUT2D eigenvalue weighted by molar-refractivity contribution is 7.89. The molecule has 0 aromatic carbocycles. The van der Waals surface area contributed by atoms with Crippen LogP contribution in [0, 0.1) is 0 Å². The minimum Gasteiger partial charge on any atom is -0.396 e. The van der Waals surface area contributed by atoms with E-state index in [0.29, 0.717) is 13.0 Å². The van der Waals surface area contributed by atoms with Crippen LogP contribution in [0.15, 0.2) is 0 Å². The van der Waals surface area contributed by atoms with Gasteiger partial charge in [-0.05, 0) is 12.8 Å². The Bertz CT molecular complexity index is 189. The van der Waals surface area contributed by atoms with Crippen LogP contribution in [0.25, 0.3) is 0 Å². The molecule has 0 saturated heterocycles. The fourth-order valence-corrected chi connectivity index (χ4v) is 1.84. The molecule has 2 N–H and O–H groups in total. The first-order valence-corrected chi connectivity index (χ1v) is 5.86. The normalized spacial score (nSPS) is 11.8. The summed E-state index contributed by atoms with van der Waals surface area (Å²) in [7, 11) is -3.13. The second-order valence-corrected chi connectivity index (χ2v) is 4.57. The van der Waals surface area contributed by atoms with Crippen LogP contribution in [-0.2, 0) is 10.0 Å². The van der Waals surface area contributed by atoms with Crippen molar-refractivity contribution in [3.8, 4) is 0 Å². The van der Waals surface area contributed by atoms with Gasteiger partial charge in [0, 0.05) is 13.2 Å². The van der Waals surface area contributed by atoms with Gasteiger partial charge in [0.05, 0.1) is 5.75 Å². The molecule has 0 atom stereocenters. The predicted octanol–water partition coefficient (Wildman–Crippen LogP) is 0.0883. The first kappa shape index (κ1) is 11.9. The second-order valence-electron chi connectivity index (χ2n) is 2.64. The third kappa shape index (κ3) is 6.57. The van der Waals surface area contributed by atoms with Gasteiger partial charge in [-0.3, -0.25) is 0 Å². The zero-order valence-electron chi connectivity index (χ0n) is 7.41. The summed E-state index contributed by atoms with van der Waals surface area (Å²) in [5.41, 5.74) is 0. The standard InChI is InChI=1S/C7H17NO3S/c1-2-3-5-8-12(10,11)7-4-6-9/h8-9H,2-7H2,1H3. The quantitative estimate of drug-likeness (QED) is 0.566. The van der Waals surface area contributed by atoms with Gasteiger partial charge in [0.25, 0.3) is 0 Å². The fourth-order valence-electron chi connectivity index (χ4n) is 0.731. The van der Waals surface area contributed by atoms with Gasteiger partial charge >= 0.3 is 0 Å². The zero-order valence-corrected chi connectivity index (χ0v) is 8.23. The number of rotatable bonds is 7. The molecule has 0 fully saturated rings. The molecule has 5 heteroatoms. The summed E-state index contributed by atoms with van der Waals surface area (Å²) in [5.74, 6) is 0.0210. The van der Waals surface area contributed by atoms with Crippen molar-refractivity contribution >= 4 is 10.0 Å². The van der Waals surface area contributed by atoms with Crippen LogP contribution in [0.2, 0.25) is 0 Å². The van der Waals surface area contributed by atoms with E-state index in [1.807, 2.05) is 6.92 Å². The predicted molar refractivity (Wildman–Crippen MR) is 48.4 cm³/mol. The zero-order chi connectivity index (χ0) is 9.45. The summed E-state index contributed by atoms with van der Waals surface area (Å²) in [5, 5.41) is 8.41. The molecule has 0 saturated carbocycles. The lowest BCUT2D eigenvalue weighted by molar-refractivity contribution is 0.295. The summed E-state index contributed by atoms with van der Waals surface area (Å²) in [6.07, 6.45) is 2.14. The molecule has 0 amide bonds. The molecule has 0 bridgehead atoms. The Morgan fingerprint density at radius 1 is 1.33 bits per heavy atom. The average Bonchev–Trinajstić information content (AvgIpc) is 2.01. The molecule has 0 rings (SSSR count). The maximum atomic E-state index is 11.0. The van der Waals surface area contributed by atoms with Crippen LogP contribution in [0.5, 0.6) is 0 Å². The van der Waals surface area contributed by atoms with E-state index >= 15 is 0 Å². The van der Waals surface area contributed by atoms with Crippen LogP contribution >= 0.6 is 0 Å². The van der Waals surface area contributed by atoms with Crippen molar-refractivity contribution in [2.75, 3.05) is 18.9 Å². The molecule has 0 aliphatic carbocycles. The molecule has 12 heavy (non-hydrogen) atoms. The molecule has 0 heterocycles. The highest BCUT2D eigenvalue weighted by atomic mass is 32.2. The van der Waals surface area contributed by atoms with Gasteiger partial charge in [0.2, 0.25) is 10.0 Å². The summed E-state index contributed by atoms with van der Waals surface area (Å²) >= 11 is 0. The Balaban J connectivity index is 3.58. The molecule has 0 aliphatic heterocycles. The largest absolute Gasteiger partial charge is 0.396 e. The number of sulfonamides is 1. The minimum atomic E-state index is -3.13. The molecule has 4 nitrogen and oxygen atoms in total. The van der Waals surface area contributed by atoms with E-state index in [0.717, 1.165) is 12.8 Å². The Kier molecular flexibility index (Phi) is 6.32. The van der Waals surface area contributed by atoms with Crippen molar-refractivity contribution in [2.45, 2.75) is 26.2 Å². The lowest BCUT2D eigenvalue weighted by Crippen LogP contribution is -2.27. The Morgan fingerprint density at radius 3 is 2.50 bits per heavy atom. The highest BCUT2D eigenvalue weighted by Gasteiger charge is 2.07. The third-order valence-corrected chi connectivity index (χ3v) is 2.89. The van der Waals surface area contributed by atoms with Crippen LogP contribution in [-0.4, -0.2) is 32.4 Å². The summed E-state index contributed by atoms with van der Waals surface area (Å²) in [4.78, 5) is 0. The van der Waals surface area contributed by atoms with Crippen molar-refractivity contribution in [3.05, 3.63) is 0 Å². The van der Waals surface area contributed by atoms with Gasteiger partial charge in [-0.2, -0.15) is 0 Å². The van der Waals surface area contributed by atoms with E-state index < -0.39 is 10.0 Å². The van der Waals surface area contributed by atoms with Gasteiger partial charge in [0.1, 0.15) is 0 Å². The van der Waals surface area contributed by atoms with E-state index in [2.05, 4.69) is 4.72 Å². The van der Waals surface area contributed by atoms with Crippen molar-refractivity contribution < 1.29 is 13.5 Å². The maximum Gasteiger partial charge on any atom is 0.211 e. The van der Waals surface area contributed by atoms with Gasteiger partial charge in [-0.15, -0.1) is 0 Å². The Hall–Kier alpha value is -0.130.